The average Bonchev–Trinajstić information content (AvgIpc) is 1.59. The van der Waals surface area contributed by atoms with Crippen LogP contribution in [-0.2, 0) is 19.5 Å². The monoisotopic (exact) mass is 242 g/mol. The molecular formula is C7H5Cl2FZn-. The van der Waals surface area contributed by atoms with E-state index in [9.17, 15) is 4.39 Å². The van der Waals surface area contributed by atoms with Gasteiger partial charge in [0, 0.05) is 24.5 Å². The summed E-state index contributed by atoms with van der Waals surface area (Å²) in [5.41, 5.74) is 0.597. The van der Waals surface area contributed by atoms with Crippen LogP contribution in [0.15, 0.2) is 35.2 Å². The predicted octanol–water partition coefficient (Wildman–Crippen LogP) is -0.262. The third-order valence-electron chi connectivity index (χ3n) is 0.922. The fourth-order valence-corrected chi connectivity index (χ4v) is 0.855. The largest absolute Gasteiger partial charge is 1.00 e. The van der Waals surface area contributed by atoms with Crippen LogP contribution in [0.5, 0.6) is 0 Å². The zero-order valence-corrected chi connectivity index (χ0v) is 10.3. The third-order valence-corrected chi connectivity index (χ3v) is 1.14. The minimum Gasteiger partial charge on any atom is -1.00 e. The van der Waals surface area contributed by atoms with Crippen LogP contribution in [0.4, 0.5) is 4.39 Å². The van der Waals surface area contributed by atoms with Crippen molar-refractivity contribution < 1.29 is 36.3 Å². The first-order valence-corrected chi connectivity index (χ1v) is 2.84. The van der Waals surface area contributed by atoms with Crippen LogP contribution in [-0.4, -0.2) is 0 Å². The normalized spacial score (nSPS) is 15.6. The Morgan fingerprint density at radius 2 is 1.91 bits per heavy atom. The van der Waals surface area contributed by atoms with Crippen LogP contribution < -0.4 is 12.4 Å². The Morgan fingerprint density at radius 1 is 1.36 bits per heavy atom. The van der Waals surface area contributed by atoms with Crippen LogP contribution in [0.1, 0.15) is 0 Å². The molecule has 0 aliphatic heterocycles. The van der Waals surface area contributed by atoms with Crippen molar-refractivity contribution in [2.24, 2.45) is 0 Å². The van der Waals surface area contributed by atoms with E-state index in [1.807, 2.05) is 0 Å². The van der Waals surface area contributed by atoms with Crippen molar-refractivity contribution >= 4 is 11.6 Å². The van der Waals surface area contributed by atoms with Gasteiger partial charge in [-0.15, -0.1) is 0 Å². The molecule has 0 aromatic rings. The maximum absolute atomic E-state index is 12.3. The fraction of sp³-hybridized carbons (Fsp3) is 0. The second-order valence-electron chi connectivity index (χ2n) is 1.78. The van der Waals surface area contributed by atoms with E-state index in [1.54, 1.807) is 6.08 Å². The van der Waals surface area contributed by atoms with E-state index in [1.165, 1.54) is 12.5 Å². The second-order valence-corrected chi connectivity index (χ2v) is 2.21. The molecule has 0 unspecified atom stereocenters. The Labute approximate surface area is 89.4 Å². The number of rotatable bonds is 0. The second kappa shape index (κ2) is 5.94. The minimum atomic E-state index is -0.340. The van der Waals surface area contributed by atoms with Crippen molar-refractivity contribution in [1.82, 2.24) is 0 Å². The molecule has 0 atom stereocenters. The Bertz CT molecular complexity index is 188. The quantitative estimate of drug-likeness (QED) is 0.515. The maximum atomic E-state index is 12.3. The predicted molar refractivity (Wildman–Crippen MR) is 36.6 cm³/mol. The smallest absolute Gasteiger partial charge is 0.110 e. The van der Waals surface area contributed by atoms with Crippen molar-refractivity contribution in [1.29, 1.82) is 0 Å². The van der Waals surface area contributed by atoms with Gasteiger partial charge in [-0.1, -0.05) is 18.2 Å². The molecule has 0 bridgehead atoms. The summed E-state index contributed by atoms with van der Waals surface area (Å²) in [5, 5.41) is 0.389. The van der Waals surface area contributed by atoms with Gasteiger partial charge < -0.3 is 12.4 Å². The van der Waals surface area contributed by atoms with Crippen molar-refractivity contribution in [2.45, 2.75) is 0 Å². The molecule has 4 heteroatoms. The van der Waals surface area contributed by atoms with E-state index in [-0.39, 0.29) is 37.7 Å². The van der Waals surface area contributed by atoms with Gasteiger partial charge in [-0.3, -0.25) is 0 Å². The first kappa shape index (κ1) is 13.9. The number of hydrogen-bond donors (Lipinski definition) is 0. The summed E-state index contributed by atoms with van der Waals surface area (Å²) in [5.74, 6) is -0.340. The van der Waals surface area contributed by atoms with Gasteiger partial charge in [-0.05, 0) is 17.7 Å². The number of hydrogen-bond acceptors (Lipinski definition) is 0. The van der Waals surface area contributed by atoms with Crippen LogP contribution in [0.3, 0.4) is 0 Å². The van der Waals surface area contributed by atoms with Gasteiger partial charge in [0.15, 0.2) is 0 Å². The number of allylic oxidation sites excluding steroid dienone is 5. The molecule has 0 fully saturated rings. The first-order valence-electron chi connectivity index (χ1n) is 2.46. The summed E-state index contributed by atoms with van der Waals surface area (Å²) in [6.07, 6.45) is 4.17. The summed E-state index contributed by atoms with van der Waals surface area (Å²) >= 11 is 5.47. The zero-order chi connectivity index (χ0) is 6.85. The Balaban J connectivity index is 0. The van der Waals surface area contributed by atoms with Crippen LogP contribution in [0, 0.1) is 6.42 Å². The van der Waals surface area contributed by atoms with E-state index in [4.69, 9.17) is 11.6 Å². The molecule has 0 nitrogen and oxygen atoms in total. The topological polar surface area (TPSA) is 0 Å². The molecule has 57 valence electrons. The fourth-order valence-electron chi connectivity index (χ4n) is 0.611. The summed E-state index contributed by atoms with van der Waals surface area (Å²) < 4.78 is 12.3. The van der Waals surface area contributed by atoms with Gasteiger partial charge in [-0.2, -0.15) is 0 Å². The van der Waals surface area contributed by atoms with Crippen LogP contribution in [0.2, 0.25) is 0 Å². The van der Waals surface area contributed by atoms with Gasteiger partial charge in [0.05, 0.1) is 6.42 Å². The molecule has 0 N–H and O–H groups in total. The van der Waals surface area contributed by atoms with E-state index in [2.05, 4.69) is 6.58 Å². The van der Waals surface area contributed by atoms with E-state index in [0.29, 0.717) is 10.6 Å². The molecule has 0 saturated heterocycles. The van der Waals surface area contributed by atoms with Gasteiger partial charge in [-0.25, -0.2) is 4.39 Å². The Morgan fingerprint density at radius 3 is 2.27 bits per heavy atom. The summed E-state index contributed by atoms with van der Waals surface area (Å²) in [4.78, 5) is 0. The average molecular weight is 244 g/mol. The Kier molecular flexibility index (Phi) is 7.51. The maximum Gasteiger partial charge on any atom is 0.110 e. The van der Waals surface area contributed by atoms with E-state index < -0.39 is 0 Å². The Hall–Kier alpha value is 0.353. The van der Waals surface area contributed by atoms with Crippen molar-refractivity contribution in [3.63, 3.8) is 0 Å². The first-order chi connectivity index (χ1) is 4.18. The molecule has 1 aliphatic carbocycles. The van der Waals surface area contributed by atoms with Gasteiger partial charge in [0.25, 0.3) is 0 Å². The summed E-state index contributed by atoms with van der Waals surface area (Å²) in [6.45, 7) is 3.52. The molecule has 0 aromatic heterocycles. The molecule has 0 amide bonds. The van der Waals surface area contributed by atoms with Gasteiger partial charge >= 0.3 is 0 Å². The van der Waals surface area contributed by atoms with E-state index >= 15 is 0 Å². The van der Waals surface area contributed by atoms with Crippen molar-refractivity contribution in [3.05, 3.63) is 41.6 Å². The molecule has 11 heavy (non-hydrogen) atoms. The molecule has 1 rings (SSSR count). The van der Waals surface area contributed by atoms with Crippen molar-refractivity contribution in [2.75, 3.05) is 0 Å². The molecule has 0 saturated carbocycles. The zero-order valence-electron chi connectivity index (χ0n) is 5.78. The summed E-state index contributed by atoms with van der Waals surface area (Å²) in [6, 6.07) is 0. The number of halogens is 3. The summed E-state index contributed by atoms with van der Waals surface area (Å²) in [7, 11) is 0. The third kappa shape index (κ3) is 4.73. The van der Waals surface area contributed by atoms with Crippen LogP contribution >= 0.6 is 11.6 Å². The molecule has 1 radical (unpaired) electrons. The molecule has 0 aromatic carbocycles. The molecular weight excluding hydrogens is 239 g/mol. The molecule has 0 spiro atoms. The van der Waals surface area contributed by atoms with E-state index in [0.717, 1.165) is 0 Å². The van der Waals surface area contributed by atoms with Crippen LogP contribution in [0.25, 0.3) is 0 Å². The molecule has 1 aliphatic rings. The standard InChI is InChI=1S/C7H5ClF.ClH.Zn/c1-5-2-6(8)4-7(9)3-5;;/h2-4H,1H2;1H;/p-1. The minimum absolute atomic E-state index is 0. The molecule has 0 heterocycles. The van der Waals surface area contributed by atoms with Gasteiger partial charge in [0.2, 0.25) is 0 Å². The van der Waals surface area contributed by atoms with Crippen molar-refractivity contribution in [3.8, 4) is 0 Å². The SMILES string of the molecule is C=C1C=C(F)[CH]C(Cl)=C1.[Cl-].[Zn]. The van der Waals surface area contributed by atoms with Gasteiger partial charge in [0.1, 0.15) is 5.83 Å².